The van der Waals surface area contributed by atoms with Crippen LogP contribution in [-0.4, -0.2) is 40.5 Å². The molecule has 0 atom stereocenters. The lowest BCUT2D eigenvalue weighted by atomic mass is 10.3. The van der Waals surface area contributed by atoms with Crippen LogP contribution in [-0.2, 0) is 0 Å². The Balaban J connectivity index is 3.15. The number of nitro groups is 1. The monoisotopic (exact) mass is 257 g/mol. The summed E-state index contributed by atoms with van der Waals surface area (Å²) >= 11 is 1.66. The molecular formula is C9H15N5O2S. The summed E-state index contributed by atoms with van der Waals surface area (Å²) in [5, 5.41) is 11.0. The van der Waals surface area contributed by atoms with Gasteiger partial charge in [0.2, 0.25) is 11.8 Å². The Morgan fingerprint density at radius 1 is 1.53 bits per heavy atom. The zero-order valence-corrected chi connectivity index (χ0v) is 10.8. The van der Waals surface area contributed by atoms with E-state index in [2.05, 4.69) is 9.97 Å². The van der Waals surface area contributed by atoms with Crippen LogP contribution in [0.1, 0.15) is 5.69 Å². The lowest BCUT2D eigenvalue weighted by molar-refractivity contribution is -0.385. The molecule has 0 aromatic carbocycles. The molecular weight excluding hydrogens is 242 g/mol. The number of aryl methyl sites for hydroxylation is 1. The maximum atomic E-state index is 11.0. The Bertz CT molecular complexity index is 426. The van der Waals surface area contributed by atoms with Crippen molar-refractivity contribution < 1.29 is 4.92 Å². The molecule has 0 unspecified atom stereocenters. The number of nitrogen functional groups attached to an aromatic ring is 1. The molecule has 1 aromatic heterocycles. The van der Waals surface area contributed by atoms with Crippen LogP contribution in [0.5, 0.6) is 0 Å². The average Bonchev–Trinajstić information content (AvgIpc) is 2.23. The molecule has 0 spiro atoms. The zero-order valence-electron chi connectivity index (χ0n) is 10.0. The minimum atomic E-state index is -0.473. The van der Waals surface area contributed by atoms with Crippen LogP contribution in [0.3, 0.4) is 0 Å². The molecule has 0 aliphatic rings. The second-order valence-electron chi connectivity index (χ2n) is 3.51. The molecule has 2 N–H and O–H groups in total. The van der Waals surface area contributed by atoms with E-state index >= 15 is 0 Å². The van der Waals surface area contributed by atoms with Crippen LogP contribution in [0.2, 0.25) is 0 Å². The van der Waals surface area contributed by atoms with Gasteiger partial charge in [0.1, 0.15) is 5.69 Å². The molecule has 0 saturated carbocycles. The lowest BCUT2D eigenvalue weighted by Crippen LogP contribution is -2.23. The first-order valence-electron chi connectivity index (χ1n) is 4.96. The number of anilines is 2. The van der Waals surface area contributed by atoms with Crippen molar-refractivity contribution >= 4 is 29.2 Å². The van der Waals surface area contributed by atoms with Crippen molar-refractivity contribution in [3.8, 4) is 0 Å². The van der Waals surface area contributed by atoms with Crippen LogP contribution in [0, 0.1) is 17.0 Å². The number of nitrogens with zero attached hydrogens (tertiary/aromatic N) is 4. The van der Waals surface area contributed by atoms with Crippen molar-refractivity contribution in [3.63, 3.8) is 0 Å². The standard InChI is InChI=1S/C9H15N5O2S/c1-6-7(14(15)16)8(12-9(10)11-6)13(2)4-5-17-3/h4-5H2,1-3H3,(H2,10,11,12). The largest absolute Gasteiger partial charge is 0.368 e. The molecule has 0 saturated heterocycles. The van der Waals surface area contributed by atoms with Gasteiger partial charge in [0.05, 0.1) is 4.92 Å². The number of aromatic nitrogens is 2. The molecule has 94 valence electrons. The maximum Gasteiger partial charge on any atom is 0.332 e. The molecule has 1 heterocycles. The van der Waals surface area contributed by atoms with E-state index in [0.717, 1.165) is 5.75 Å². The van der Waals surface area contributed by atoms with Gasteiger partial charge in [0, 0.05) is 19.3 Å². The van der Waals surface area contributed by atoms with E-state index in [1.165, 1.54) is 0 Å². The molecule has 17 heavy (non-hydrogen) atoms. The second-order valence-corrected chi connectivity index (χ2v) is 4.50. The predicted octanol–water partition coefficient (Wildman–Crippen LogP) is 1.07. The molecule has 0 amide bonds. The van der Waals surface area contributed by atoms with Crippen LogP contribution in [0.25, 0.3) is 0 Å². The van der Waals surface area contributed by atoms with Crippen molar-refractivity contribution in [3.05, 3.63) is 15.8 Å². The van der Waals surface area contributed by atoms with E-state index < -0.39 is 4.92 Å². The molecule has 0 fully saturated rings. The SMILES string of the molecule is CSCCN(C)c1nc(N)nc(C)c1[N+](=O)[O-]. The van der Waals surface area contributed by atoms with Crippen LogP contribution in [0.4, 0.5) is 17.5 Å². The fraction of sp³-hybridized carbons (Fsp3) is 0.556. The van der Waals surface area contributed by atoms with Crippen molar-refractivity contribution in [2.24, 2.45) is 0 Å². The maximum absolute atomic E-state index is 11.0. The average molecular weight is 257 g/mol. The lowest BCUT2D eigenvalue weighted by Gasteiger charge is -2.17. The van der Waals surface area contributed by atoms with Gasteiger partial charge in [-0.1, -0.05) is 0 Å². The molecule has 7 nitrogen and oxygen atoms in total. The Morgan fingerprint density at radius 2 is 2.18 bits per heavy atom. The predicted molar refractivity (Wildman–Crippen MR) is 69.5 cm³/mol. The van der Waals surface area contributed by atoms with E-state index in [1.807, 2.05) is 6.26 Å². The molecule has 0 bridgehead atoms. The second kappa shape index (κ2) is 5.67. The Kier molecular flexibility index (Phi) is 4.50. The Labute approximate surface area is 104 Å². The number of nitrogens with two attached hydrogens (primary N) is 1. The molecule has 0 radical (unpaired) electrons. The summed E-state index contributed by atoms with van der Waals surface area (Å²) in [6, 6.07) is 0. The number of rotatable bonds is 5. The van der Waals surface area contributed by atoms with Gasteiger partial charge in [-0.05, 0) is 13.2 Å². The Hall–Kier alpha value is -1.57. The van der Waals surface area contributed by atoms with Gasteiger partial charge >= 0.3 is 5.69 Å². The van der Waals surface area contributed by atoms with Crippen molar-refractivity contribution in [1.29, 1.82) is 0 Å². The third kappa shape index (κ3) is 3.19. The topological polar surface area (TPSA) is 98.2 Å². The summed E-state index contributed by atoms with van der Waals surface area (Å²) in [4.78, 5) is 20.0. The third-order valence-corrected chi connectivity index (χ3v) is 2.82. The molecule has 1 aromatic rings. The van der Waals surface area contributed by atoms with Gasteiger partial charge in [-0.25, -0.2) is 4.98 Å². The van der Waals surface area contributed by atoms with Gasteiger partial charge in [-0.3, -0.25) is 10.1 Å². The third-order valence-electron chi connectivity index (χ3n) is 2.23. The highest BCUT2D eigenvalue weighted by molar-refractivity contribution is 7.98. The summed E-state index contributed by atoms with van der Waals surface area (Å²) in [5.41, 5.74) is 5.72. The number of hydrogen-bond donors (Lipinski definition) is 1. The zero-order chi connectivity index (χ0) is 13.0. The fourth-order valence-corrected chi connectivity index (χ4v) is 1.84. The van der Waals surface area contributed by atoms with E-state index in [0.29, 0.717) is 6.54 Å². The summed E-state index contributed by atoms with van der Waals surface area (Å²) in [6.45, 7) is 2.22. The van der Waals surface area contributed by atoms with Crippen LogP contribution >= 0.6 is 11.8 Å². The van der Waals surface area contributed by atoms with Crippen molar-refractivity contribution in [2.45, 2.75) is 6.92 Å². The van der Waals surface area contributed by atoms with Crippen LogP contribution in [0.15, 0.2) is 0 Å². The van der Waals surface area contributed by atoms with Crippen molar-refractivity contribution in [2.75, 3.05) is 36.2 Å². The van der Waals surface area contributed by atoms with E-state index in [-0.39, 0.29) is 23.1 Å². The van der Waals surface area contributed by atoms with Crippen molar-refractivity contribution in [1.82, 2.24) is 9.97 Å². The normalized spacial score (nSPS) is 10.3. The molecule has 8 heteroatoms. The van der Waals surface area contributed by atoms with Gasteiger partial charge in [0.25, 0.3) is 0 Å². The highest BCUT2D eigenvalue weighted by Gasteiger charge is 2.23. The first-order chi connectivity index (χ1) is 7.97. The number of thioether (sulfide) groups is 1. The number of hydrogen-bond acceptors (Lipinski definition) is 7. The van der Waals surface area contributed by atoms with Gasteiger partial charge < -0.3 is 10.6 Å². The molecule has 0 aliphatic carbocycles. The first kappa shape index (κ1) is 13.5. The Morgan fingerprint density at radius 3 is 2.71 bits per heavy atom. The first-order valence-corrected chi connectivity index (χ1v) is 6.35. The minimum Gasteiger partial charge on any atom is -0.368 e. The van der Waals surface area contributed by atoms with E-state index in [1.54, 1.807) is 30.6 Å². The molecule has 0 aliphatic heterocycles. The van der Waals surface area contributed by atoms with Gasteiger partial charge in [-0.2, -0.15) is 16.7 Å². The van der Waals surface area contributed by atoms with Gasteiger partial charge in [0.15, 0.2) is 0 Å². The van der Waals surface area contributed by atoms with E-state index in [4.69, 9.17) is 5.73 Å². The summed E-state index contributed by atoms with van der Waals surface area (Å²) in [6.07, 6.45) is 1.97. The fourth-order valence-electron chi connectivity index (χ4n) is 1.39. The van der Waals surface area contributed by atoms with E-state index in [9.17, 15) is 10.1 Å². The minimum absolute atomic E-state index is 0.0547. The summed E-state index contributed by atoms with van der Waals surface area (Å²) in [5.74, 6) is 1.18. The summed E-state index contributed by atoms with van der Waals surface area (Å²) < 4.78 is 0. The highest BCUT2D eigenvalue weighted by Crippen LogP contribution is 2.28. The quantitative estimate of drug-likeness (QED) is 0.622. The van der Waals surface area contributed by atoms with Gasteiger partial charge in [-0.15, -0.1) is 0 Å². The highest BCUT2D eigenvalue weighted by atomic mass is 32.2. The summed E-state index contributed by atoms with van der Waals surface area (Å²) in [7, 11) is 1.75. The molecule has 1 rings (SSSR count). The smallest absolute Gasteiger partial charge is 0.332 e. The van der Waals surface area contributed by atoms with Crippen LogP contribution < -0.4 is 10.6 Å².